The van der Waals surface area contributed by atoms with Gasteiger partial charge in [-0.1, -0.05) is 13.3 Å². The van der Waals surface area contributed by atoms with Crippen molar-refractivity contribution in [2.45, 2.75) is 77.8 Å². The molecule has 7 nitrogen and oxygen atoms in total. The Morgan fingerprint density at radius 2 is 1.62 bits per heavy atom. The monoisotopic (exact) mass is 471 g/mol. The molecule has 34 heavy (non-hydrogen) atoms. The van der Waals surface area contributed by atoms with Crippen LogP contribution in [0.3, 0.4) is 0 Å². The molecule has 0 aromatic heterocycles. The van der Waals surface area contributed by atoms with Crippen molar-refractivity contribution in [3.05, 3.63) is 29.8 Å². The van der Waals surface area contributed by atoms with Gasteiger partial charge in [0.05, 0.1) is 0 Å². The minimum absolute atomic E-state index is 0.00422. The fourth-order valence-electron chi connectivity index (χ4n) is 5.16. The van der Waals surface area contributed by atoms with Crippen molar-refractivity contribution < 1.29 is 19.1 Å². The third-order valence-electron chi connectivity index (χ3n) is 7.30. The maximum absolute atomic E-state index is 12.9. The summed E-state index contributed by atoms with van der Waals surface area (Å²) in [6, 6.07) is 7.51. The molecule has 2 aliphatic heterocycles. The zero-order valence-corrected chi connectivity index (χ0v) is 21.3. The third kappa shape index (κ3) is 6.51. The molecule has 0 spiro atoms. The summed E-state index contributed by atoms with van der Waals surface area (Å²) in [5.74, 6) is 0.776. The highest BCUT2D eigenvalue weighted by Gasteiger charge is 2.30. The molecule has 0 N–H and O–H groups in total. The zero-order valence-electron chi connectivity index (χ0n) is 21.3. The summed E-state index contributed by atoms with van der Waals surface area (Å²) in [6.45, 7) is 8.30. The highest BCUT2D eigenvalue weighted by Crippen LogP contribution is 2.24. The molecule has 2 saturated heterocycles. The minimum Gasteiger partial charge on any atom is -0.484 e. The summed E-state index contributed by atoms with van der Waals surface area (Å²) < 4.78 is 5.73. The topological polar surface area (TPSA) is 70.2 Å². The molecule has 2 aliphatic rings. The number of rotatable bonds is 8. The first-order chi connectivity index (χ1) is 16.3. The summed E-state index contributed by atoms with van der Waals surface area (Å²) in [5.41, 5.74) is 0.599. The standard InChI is InChI=1S/C27H41N3O4/c1-5-6-16-28(4)26(32)23-14-17-29(18-15-23)27(33)22-10-12-24(13-11-22)34-19-25(31)30-20(2)8-7-9-21(30)3/h10-13,20-21,23H,5-9,14-19H2,1-4H3. The van der Waals surface area contributed by atoms with E-state index in [4.69, 9.17) is 4.74 Å². The van der Waals surface area contributed by atoms with Crippen molar-refractivity contribution in [3.8, 4) is 5.75 Å². The molecule has 0 radical (unpaired) electrons. The van der Waals surface area contributed by atoms with Gasteiger partial charge in [0.15, 0.2) is 6.61 Å². The van der Waals surface area contributed by atoms with Gasteiger partial charge in [0.2, 0.25) is 5.91 Å². The van der Waals surface area contributed by atoms with Crippen LogP contribution in [0.4, 0.5) is 0 Å². The van der Waals surface area contributed by atoms with Gasteiger partial charge >= 0.3 is 0 Å². The number of likely N-dealkylation sites (tertiary alicyclic amines) is 2. The maximum atomic E-state index is 12.9. The highest BCUT2D eigenvalue weighted by atomic mass is 16.5. The predicted molar refractivity (Wildman–Crippen MR) is 133 cm³/mol. The number of hydrogen-bond acceptors (Lipinski definition) is 4. The molecule has 2 fully saturated rings. The number of piperidine rings is 2. The lowest BCUT2D eigenvalue weighted by Gasteiger charge is -2.38. The van der Waals surface area contributed by atoms with Crippen LogP contribution < -0.4 is 4.74 Å². The molecule has 1 aromatic rings. The fourth-order valence-corrected chi connectivity index (χ4v) is 5.16. The number of amides is 3. The predicted octanol–water partition coefficient (Wildman–Crippen LogP) is 3.97. The van der Waals surface area contributed by atoms with Gasteiger partial charge in [-0.3, -0.25) is 14.4 Å². The highest BCUT2D eigenvalue weighted by molar-refractivity contribution is 5.94. The second-order valence-corrected chi connectivity index (χ2v) is 9.92. The lowest BCUT2D eigenvalue weighted by molar-refractivity contribution is -0.139. The molecule has 3 rings (SSSR count). The zero-order chi connectivity index (χ0) is 24.7. The quantitative estimate of drug-likeness (QED) is 0.575. The second kappa shape index (κ2) is 12.2. The van der Waals surface area contributed by atoms with Crippen molar-refractivity contribution >= 4 is 17.7 Å². The SMILES string of the molecule is CCCCN(C)C(=O)C1CCN(C(=O)c2ccc(OCC(=O)N3C(C)CCCC3C)cc2)CC1. The lowest BCUT2D eigenvalue weighted by Crippen LogP contribution is -2.49. The van der Waals surface area contributed by atoms with Gasteiger partial charge in [-0.15, -0.1) is 0 Å². The number of carbonyl (C=O) groups excluding carboxylic acids is 3. The van der Waals surface area contributed by atoms with Gasteiger partial charge in [0, 0.05) is 50.2 Å². The fraction of sp³-hybridized carbons (Fsp3) is 0.667. The van der Waals surface area contributed by atoms with Crippen LogP contribution in [-0.4, -0.2) is 77.8 Å². The maximum Gasteiger partial charge on any atom is 0.260 e. The first-order valence-electron chi connectivity index (χ1n) is 12.9. The van der Waals surface area contributed by atoms with Crippen LogP contribution in [0.5, 0.6) is 5.75 Å². The average Bonchev–Trinajstić information content (AvgIpc) is 2.85. The van der Waals surface area contributed by atoms with Crippen LogP contribution in [0.25, 0.3) is 0 Å². The third-order valence-corrected chi connectivity index (χ3v) is 7.30. The lowest BCUT2D eigenvalue weighted by atomic mass is 9.94. The first kappa shape index (κ1) is 26.0. The molecule has 0 aliphatic carbocycles. The van der Waals surface area contributed by atoms with Gasteiger partial charge in [0.1, 0.15) is 5.75 Å². The van der Waals surface area contributed by atoms with E-state index < -0.39 is 0 Å². The van der Waals surface area contributed by atoms with E-state index in [0.717, 1.165) is 38.6 Å². The summed E-state index contributed by atoms with van der Waals surface area (Å²) in [7, 11) is 1.88. The number of carbonyl (C=O) groups is 3. The summed E-state index contributed by atoms with van der Waals surface area (Å²) in [4.78, 5) is 43.8. The molecule has 2 heterocycles. The van der Waals surface area contributed by atoms with E-state index >= 15 is 0 Å². The molecular weight excluding hydrogens is 430 g/mol. The Morgan fingerprint density at radius 3 is 2.21 bits per heavy atom. The van der Waals surface area contributed by atoms with Crippen LogP contribution in [0.15, 0.2) is 24.3 Å². The van der Waals surface area contributed by atoms with Crippen LogP contribution >= 0.6 is 0 Å². The number of ether oxygens (including phenoxy) is 1. The number of benzene rings is 1. The van der Waals surface area contributed by atoms with Crippen LogP contribution in [0, 0.1) is 5.92 Å². The van der Waals surface area contributed by atoms with E-state index in [1.54, 1.807) is 24.3 Å². The van der Waals surface area contributed by atoms with Crippen LogP contribution in [0.1, 0.15) is 76.1 Å². The largest absolute Gasteiger partial charge is 0.484 e. The molecular formula is C27H41N3O4. The Morgan fingerprint density at radius 1 is 1.00 bits per heavy atom. The molecule has 0 bridgehead atoms. The number of unbranched alkanes of at least 4 members (excludes halogenated alkanes) is 1. The number of hydrogen-bond donors (Lipinski definition) is 0. The molecule has 3 amide bonds. The van der Waals surface area contributed by atoms with E-state index in [-0.39, 0.29) is 42.3 Å². The molecule has 2 atom stereocenters. The van der Waals surface area contributed by atoms with Gasteiger partial charge in [0.25, 0.3) is 11.8 Å². The van der Waals surface area contributed by atoms with E-state index in [0.29, 0.717) is 37.2 Å². The molecule has 188 valence electrons. The molecule has 2 unspecified atom stereocenters. The Kier molecular flexibility index (Phi) is 9.36. The van der Waals surface area contributed by atoms with E-state index in [1.165, 1.54) is 0 Å². The van der Waals surface area contributed by atoms with Crippen LogP contribution in [-0.2, 0) is 9.59 Å². The number of nitrogens with zero attached hydrogens (tertiary/aromatic N) is 3. The summed E-state index contributed by atoms with van der Waals surface area (Å²) in [6.07, 6.45) is 6.73. The summed E-state index contributed by atoms with van der Waals surface area (Å²) in [5, 5.41) is 0. The average molecular weight is 472 g/mol. The van der Waals surface area contributed by atoms with Crippen molar-refractivity contribution in [1.82, 2.24) is 14.7 Å². The Bertz CT molecular complexity index is 823. The van der Waals surface area contributed by atoms with E-state index in [9.17, 15) is 14.4 Å². The smallest absolute Gasteiger partial charge is 0.260 e. The minimum atomic E-state index is -0.0242. The Labute approximate surface area is 204 Å². The second-order valence-electron chi connectivity index (χ2n) is 9.92. The van der Waals surface area contributed by atoms with E-state index in [2.05, 4.69) is 20.8 Å². The van der Waals surface area contributed by atoms with Gasteiger partial charge < -0.3 is 19.4 Å². The van der Waals surface area contributed by atoms with Crippen molar-refractivity contribution in [2.75, 3.05) is 33.3 Å². The van der Waals surface area contributed by atoms with Crippen LogP contribution in [0.2, 0.25) is 0 Å². The molecule has 0 saturated carbocycles. The summed E-state index contributed by atoms with van der Waals surface area (Å²) >= 11 is 0. The van der Waals surface area contributed by atoms with Crippen molar-refractivity contribution in [1.29, 1.82) is 0 Å². The normalized spacial score (nSPS) is 21.3. The molecule has 7 heteroatoms. The van der Waals surface area contributed by atoms with Crippen molar-refractivity contribution in [2.24, 2.45) is 5.92 Å². The van der Waals surface area contributed by atoms with E-state index in [1.807, 2.05) is 21.7 Å². The van der Waals surface area contributed by atoms with Gasteiger partial charge in [-0.05, 0) is 76.6 Å². The Hall–Kier alpha value is -2.57. The van der Waals surface area contributed by atoms with Gasteiger partial charge in [-0.2, -0.15) is 0 Å². The first-order valence-corrected chi connectivity index (χ1v) is 12.9. The molecule has 1 aromatic carbocycles. The van der Waals surface area contributed by atoms with Gasteiger partial charge in [-0.25, -0.2) is 0 Å². The van der Waals surface area contributed by atoms with Crippen molar-refractivity contribution in [3.63, 3.8) is 0 Å². The Balaban J connectivity index is 1.47.